The lowest BCUT2D eigenvalue weighted by atomic mass is 9.67. The van der Waals surface area contributed by atoms with Gasteiger partial charge in [0.25, 0.3) is 0 Å². The molecule has 0 heterocycles. The summed E-state index contributed by atoms with van der Waals surface area (Å²) in [4.78, 5) is 14.2. The average Bonchev–Trinajstić information content (AvgIpc) is 2.12. The van der Waals surface area contributed by atoms with Crippen LogP contribution in [-0.2, 0) is 4.79 Å². The number of hydrogen-bond acceptors (Lipinski definition) is 2. The molecule has 0 aromatic rings. The number of carbonyl (C=O) groups excluding carboxylic acids is 1. The van der Waals surface area contributed by atoms with Gasteiger partial charge >= 0.3 is 0 Å². The van der Waals surface area contributed by atoms with Crippen molar-refractivity contribution in [2.45, 2.75) is 39.2 Å². The maximum absolute atomic E-state index is 12.3. The van der Waals surface area contributed by atoms with Gasteiger partial charge in [-0.25, -0.2) is 0 Å². The Balaban J connectivity index is 2.74. The van der Waals surface area contributed by atoms with Crippen LogP contribution in [0.5, 0.6) is 0 Å². The molecule has 0 spiro atoms. The second-order valence-corrected chi connectivity index (χ2v) is 4.68. The zero-order valence-electron chi connectivity index (χ0n) is 9.83. The molecule has 86 valence electrons. The maximum atomic E-state index is 12.3. The van der Waals surface area contributed by atoms with Gasteiger partial charge in [0.1, 0.15) is 0 Å². The van der Waals surface area contributed by atoms with E-state index in [0.29, 0.717) is 13.1 Å². The summed E-state index contributed by atoms with van der Waals surface area (Å²) < 4.78 is 0. The second kappa shape index (κ2) is 4.79. The van der Waals surface area contributed by atoms with E-state index in [0.717, 1.165) is 19.3 Å². The van der Waals surface area contributed by atoms with Crippen molar-refractivity contribution in [3.63, 3.8) is 0 Å². The van der Waals surface area contributed by atoms with Crippen LogP contribution in [0.4, 0.5) is 0 Å². The van der Waals surface area contributed by atoms with Crippen LogP contribution in [0.15, 0.2) is 12.7 Å². The van der Waals surface area contributed by atoms with Crippen LogP contribution >= 0.6 is 0 Å². The minimum Gasteiger partial charge on any atom is -0.336 e. The van der Waals surface area contributed by atoms with Gasteiger partial charge < -0.3 is 10.6 Å². The van der Waals surface area contributed by atoms with Crippen LogP contribution in [-0.4, -0.2) is 29.9 Å². The van der Waals surface area contributed by atoms with E-state index in [1.54, 1.807) is 6.08 Å². The summed E-state index contributed by atoms with van der Waals surface area (Å²) in [6.45, 7) is 8.86. The Kier molecular flexibility index (Phi) is 3.91. The molecule has 3 nitrogen and oxygen atoms in total. The van der Waals surface area contributed by atoms with Gasteiger partial charge in [0, 0.05) is 19.1 Å². The molecule has 0 aromatic carbocycles. The first-order chi connectivity index (χ1) is 7.07. The minimum absolute atomic E-state index is 0.214. The van der Waals surface area contributed by atoms with Crippen LogP contribution in [0.2, 0.25) is 0 Å². The smallest absolute Gasteiger partial charge is 0.230 e. The van der Waals surface area contributed by atoms with Crippen LogP contribution in [0.1, 0.15) is 33.1 Å². The first kappa shape index (κ1) is 12.2. The van der Waals surface area contributed by atoms with Crippen molar-refractivity contribution >= 4 is 5.91 Å². The molecule has 3 heteroatoms. The summed E-state index contributed by atoms with van der Waals surface area (Å²) in [5.74, 6) is 0.214. The van der Waals surface area contributed by atoms with Crippen molar-refractivity contribution in [2.24, 2.45) is 11.1 Å². The topological polar surface area (TPSA) is 46.3 Å². The summed E-state index contributed by atoms with van der Waals surface area (Å²) >= 11 is 0. The van der Waals surface area contributed by atoms with Gasteiger partial charge in [-0.15, -0.1) is 6.58 Å². The van der Waals surface area contributed by atoms with E-state index < -0.39 is 0 Å². The number of amides is 1. The predicted molar refractivity (Wildman–Crippen MR) is 62.4 cm³/mol. The summed E-state index contributed by atoms with van der Waals surface area (Å²) in [6, 6.07) is 0.222. The standard InChI is InChI=1S/C12H22N2O/c1-4-8-14(10(2)3)11(15)12(9-13)6-5-7-12/h4,10H,1,5-9,13H2,2-3H3. The molecule has 2 N–H and O–H groups in total. The molecule has 1 aliphatic rings. The summed E-state index contributed by atoms with van der Waals surface area (Å²) in [7, 11) is 0. The molecule has 0 aromatic heterocycles. The fourth-order valence-electron chi connectivity index (χ4n) is 2.08. The van der Waals surface area contributed by atoms with Gasteiger partial charge in [0.2, 0.25) is 5.91 Å². The Morgan fingerprint density at radius 1 is 1.60 bits per heavy atom. The first-order valence-electron chi connectivity index (χ1n) is 5.69. The molecule has 1 amide bonds. The quantitative estimate of drug-likeness (QED) is 0.700. The molecule has 1 aliphatic carbocycles. The molecule has 0 bridgehead atoms. The van der Waals surface area contributed by atoms with Gasteiger partial charge in [-0.1, -0.05) is 12.5 Å². The van der Waals surface area contributed by atoms with Crippen LogP contribution in [0, 0.1) is 5.41 Å². The summed E-state index contributed by atoms with van der Waals surface area (Å²) in [6.07, 6.45) is 4.80. The van der Waals surface area contributed by atoms with Crippen molar-refractivity contribution in [1.82, 2.24) is 4.90 Å². The molecule has 0 radical (unpaired) electrons. The summed E-state index contributed by atoms with van der Waals surface area (Å²) in [5, 5.41) is 0. The zero-order valence-corrected chi connectivity index (χ0v) is 9.83. The average molecular weight is 210 g/mol. The highest BCUT2D eigenvalue weighted by Crippen LogP contribution is 2.41. The largest absolute Gasteiger partial charge is 0.336 e. The monoisotopic (exact) mass is 210 g/mol. The van der Waals surface area contributed by atoms with Crippen molar-refractivity contribution in [3.05, 3.63) is 12.7 Å². The molecule has 0 atom stereocenters. The highest BCUT2D eigenvalue weighted by molar-refractivity contribution is 5.84. The number of hydrogen-bond donors (Lipinski definition) is 1. The van der Waals surface area contributed by atoms with Crippen molar-refractivity contribution in [1.29, 1.82) is 0 Å². The van der Waals surface area contributed by atoms with Crippen molar-refractivity contribution in [2.75, 3.05) is 13.1 Å². The van der Waals surface area contributed by atoms with Gasteiger partial charge in [-0.2, -0.15) is 0 Å². The fraction of sp³-hybridized carbons (Fsp3) is 0.750. The van der Waals surface area contributed by atoms with Crippen LogP contribution in [0.3, 0.4) is 0 Å². The lowest BCUT2D eigenvalue weighted by molar-refractivity contribution is -0.147. The molecule has 0 saturated heterocycles. The van der Waals surface area contributed by atoms with E-state index in [2.05, 4.69) is 6.58 Å². The third-order valence-electron chi connectivity index (χ3n) is 3.37. The third kappa shape index (κ3) is 2.23. The number of nitrogens with two attached hydrogens (primary N) is 1. The fourth-order valence-corrected chi connectivity index (χ4v) is 2.08. The molecular weight excluding hydrogens is 188 g/mol. The molecule has 1 fully saturated rings. The van der Waals surface area contributed by atoms with E-state index in [9.17, 15) is 4.79 Å². The molecule has 15 heavy (non-hydrogen) atoms. The number of rotatable bonds is 5. The summed E-state index contributed by atoms with van der Waals surface area (Å²) in [5.41, 5.74) is 5.47. The van der Waals surface area contributed by atoms with Crippen LogP contribution < -0.4 is 5.73 Å². The normalized spacial score (nSPS) is 18.4. The SMILES string of the molecule is C=CCN(C(=O)C1(CN)CCC1)C(C)C. The third-order valence-corrected chi connectivity index (χ3v) is 3.37. The van der Waals surface area contributed by atoms with Crippen LogP contribution in [0.25, 0.3) is 0 Å². The molecular formula is C12H22N2O. The zero-order chi connectivity index (χ0) is 11.5. The first-order valence-corrected chi connectivity index (χ1v) is 5.69. The maximum Gasteiger partial charge on any atom is 0.230 e. The highest BCUT2D eigenvalue weighted by Gasteiger charge is 2.45. The Morgan fingerprint density at radius 2 is 2.20 bits per heavy atom. The Labute approximate surface area is 92.3 Å². The van der Waals surface area contributed by atoms with Gasteiger partial charge in [-0.3, -0.25) is 4.79 Å². The predicted octanol–water partition coefficient (Wildman–Crippen LogP) is 1.54. The molecule has 1 rings (SSSR count). The number of nitrogens with zero attached hydrogens (tertiary/aromatic N) is 1. The van der Waals surface area contributed by atoms with Gasteiger partial charge in [-0.05, 0) is 26.7 Å². The molecule has 1 saturated carbocycles. The Hall–Kier alpha value is -0.830. The second-order valence-electron chi connectivity index (χ2n) is 4.68. The van der Waals surface area contributed by atoms with E-state index in [1.165, 1.54) is 0 Å². The Bertz CT molecular complexity index is 238. The lowest BCUT2D eigenvalue weighted by Gasteiger charge is -2.43. The van der Waals surface area contributed by atoms with Crippen molar-refractivity contribution < 1.29 is 4.79 Å². The van der Waals surface area contributed by atoms with E-state index in [1.807, 2.05) is 18.7 Å². The number of carbonyl (C=O) groups is 1. The van der Waals surface area contributed by atoms with Crippen molar-refractivity contribution in [3.8, 4) is 0 Å². The molecule has 0 aliphatic heterocycles. The lowest BCUT2D eigenvalue weighted by Crippen LogP contribution is -2.53. The minimum atomic E-state index is -0.257. The highest BCUT2D eigenvalue weighted by atomic mass is 16.2. The van der Waals surface area contributed by atoms with E-state index in [4.69, 9.17) is 5.73 Å². The Morgan fingerprint density at radius 3 is 2.47 bits per heavy atom. The molecule has 0 unspecified atom stereocenters. The van der Waals surface area contributed by atoms with E-state index >= 15 is 0 Å². The van der Waals surface area contributed by atoms with E-state index in [-0.39, 0.29) is 17.4 Å². The van der Waals surface area contributed by atoms with Gasteiger partial charge in [0.05, 0.1) is 5.41 Å². The van der Waals surface area contributed by atoms with Gasteiger partial charge in [0.15, 0.2) is 0 Å².